The molecule has 1 aliphatic rings. The first-order valence-electron chi connectivity index (χ1n) is 7.13. The van der Waals surface area contributed by atoms with Crippen molar-refractivity contribution in [2.24, 2.45) is 5.92 Å². The SMILES string of the molecule is CCN(CC(=O)NC(C(=O)O)C(C)C)C1CCS(=O)(=O)C1. The van der Waals surface area contributed by atoms with E-state index in [2.05, 4.69) is 5.32 Å². The number of nitrogens with one attached hydrogen (secondary N) is 1. The predicted molar refractivity (Wildman–Crippen MR) is 78.7 cm³/mol. The van der Waals surface area contributed by atoms with Gasteiger partial charge in [0.05, 0.1) is 18.1 Å². The molecule has 8 heteroatoms. The first kappa shape index (κ1) is 17.9. The van der Waals surface area contributed by atoms with Crippen molar-refractivity contribution in [2.45, 2.75) is 39.3 Å². The Labute approximate surface area is 125 Å². The first-order valence-corrected chi connectivity index (χ1v) is 8.95. The summed E-state index contributed by atoms with van der Waals surface area (Å²) in [7, 11) is -3.00. The molecule has 1 rings (SSSR count). The number of carboxylic acid groups (broad SMARTS) is 1. The third kappa shape index (κ3) is 5.28. The van der Waals surface area contributed by atoms with Gasteiger partial charge in [0.2, 0.25) is 5.91 Å². The zero-order valence-corrected chi connectivity index (χ0v) is 13.5. The van der Waals surface area contributed by atoms with E-state index in [-0.39, 0.29) is 35.9 Å². The van der Waals surface area contributed by atoms with E-state index in [0.29, 0.717) is 13.0 Å². The van der Waals surface area contributed by atoms with Gasteiger partial charge >= 0.3 is 5.97 Å². The van der Waals surface area contributed by atoms with Crippen LogP contribution in [0, 0.1) is 5.92 Å². The number of carbonyl (C=O) groups excluding carboxylic acids is 1. The van der Waals surface area contributed by atoms with E-state index >= 15 is 0 Å². The number of hydrogen-bond acceptors (Lipinski definition) is 5. The number of likely N-dealkylation sites (N-methyl/N-ethyl adjacent to an activating group) is 1. The normalized spacial score (nSPS) is 22.4. The summed E-state index contributed by atoms with van der Waals surface area (Å²) in [6.07, 6.45) is 0.524. The quantitative estimate of drug-likeness (QED) is 0.669. The van der Waals surface area contributed by atoms with Crippen LogP contribution >= 0.6 is 0 Å². The van der Waals surface area contributed by atoms with Gasteiger partial charge in [0.15, 0.2) is 9.84 Å². The number of hydrogen-bond donors (Lipinski definition) is 2. The lowest BCUT2D eigenvalue weighted by Gasteiger charge is -2.27. The predicted octanol–water partition coefficient (Wildman–Crippen LogP) is -0.279. The number of carboxylic acids is 1. The molecule has 0 aromatic carbocycles. The van der Waals surface area contributed by atoms with Gasteiger partial charge in [-0.3, -0.25) is 9.69 Å². The van der Waals surface area contributed by atoms with E-state index in [9.17, 15) is 18.0 Å². The molecule has 21 heavy (non-hydrogen) atoms. The summed E-state index contributed by atoms with van der Waals surface area (Å²) in [5, 5.41) is 11.6. The molecule has 1 amide bonds. The second kappa shape index (κ2) is 7.22. The Morgan fingerprint density at radius 3 is 2.38 bits per heavy atom. The third-order valence-corrected chi connectivity index (χ3v) is 5.48. The number of sulfone groups is 1. The molecule has 7 nitrogen and oxygen atoms in total. The monoisotopic (exact) mass is 320 g/mol. The summed E-state index contributed by atoms with van der Waals surface area (Å²) in [5.41, 5.74) is 0. The maximum atomic E-state index is 12.0. The van der Waals surface area contributed by atoms with Gasteiger partial charge in [0.1, 0.15) is 6.04 Å². The maximum absolute atomic E-state index is 12.0. The Bertz CT molecular complexity index is 489. The second-order valence-corrected chi connectivity index (χ2v) is 7.98. The Hall–Kier alpha value is -1.15. The number of amides is 1. The van der Waals surface area contributed by atoms with Crippen molar-refractivity contribution in [1.29, 1.82) is 0 Å². The van der Waals surface area contributed by atoms with E-state index in [1.165, 1.54) is 0 Å². The lowest BCUT2D eigenvalue weighted by atomic mass is 10.0. The summed E-state index contributed by atoms with van der Waals surface area (Å²) in [5.74, 6) is -1.44. The summed E-state index contributed by atoms with van der Waals surface area (Å²) in [4.78, 5) is 24.8. The summed E-state index contributed by atoms with van der Waals surface area (Å²) in [6.45, 7) is 5.87. The minimum Gasteiger partial charge on any atom is -0.480 e. The highest BCUT2D eigenvalue weighted by Crippen LogP contribution is 2.17. The lowest BCUT2D eigenvalue weighted by molar-refractivity contribution is -0.143. The molecule has 2 atom stereocenters. The van der Waals surface area contributed by atoms with Crippen LogP contribution < -0.4 is 5.32 Å². The summed E-state index contributed by atoms with van der Waals surface area (Å²) < 4.78 is 23.0. The van der Waals surface area contributed by atoms with Crippen LogP contribution in [0.2, 0.25) is 0 Å². The largest absolute Gasteiger partial charge is 0.480 e. The van der Waals surface area contributed by atoms with Crippen molar-refractivity contribution < 1.29 is 23.1 Å². The third-order valence-electron chi connectivity index (χ3n) is 3.73. The molecule has 122 valence electrons. The first-order chi connectivity index (χ1) is 9.66. The highest BCUT2D eigenvalue weighted by atomic mass is 32.2. The zero-order chi connectivity index (χ0) is 16.2. The fourth-order valence-corrected chi connectivity index (χ4v) is 4.24. The van der Waals surface area contributed by atoms with Crippen molar-refractivity contribution in [3.05, 3.63) is 0 Å². The summed E-state index contributed by atoms with van der Waals surface area (Å²) >= 11 is 0. The van der Waals surface area contributed by atoms with Gasteiger partial charge in [-0.15, -0.1) is 0 Å². The maximum Gasteiger partial charge on any atom is 0.326 e. The average Bonchev–Trinajstić information content (AvgIpc) is 2.72. The van der Waals surface area contributed by atoms with Crippen molar-refractivity contribution in [2.75, 3.05) is 24.6 Å². The Kier molecular flexibility index (Phi) is 6.15. The fourth-order valence-electron chi connectivity index (χ4n) is 2.48. The highest BCUT2D eigenvalue weighted by molar-refractivity contribution is 7.91. The molecule has 0 spiro atoms. The Morgan fingerprint density at radius 2 is 2.00 bits per heavy atom. The van der Waals surface area contributed by atoms with Gasteiger partial charge in [-0.2, -0.15) is 0 Å². The molecule has 0 aliphatic carbocycles. The van der Waals surface area contributed by atoms with E-state index in [4.69, 9.17) is 5.11 Å². The molecule has 1 aliphatic heterocycles. The van der Waals surface area contributed by atoms with Crippen LogP contribution in [0.1, 0.15) is 27.2 Å². The zero-order valence-electron chi connectivity index (χ0n) is 12.7. The molecule has 0 saturated carbocycles. The lowest BCUT2D eigenvalue weighted by Crippen LogP contribution is -2.50. The van der Waals surface area contributed by atoms with E-state index in [1.807, 2.05) is 6.92 Å². The van der Waals surface area contributed by atoms with Crippen molar-refractivity contribution in [1.82, 2.24) is 10.2 Å². The summed E-state index contributed by atoms with van der Waals surface area (Å²) in [6, 6.07) is -1.09. The minimum absolute atomic E-state index is 0.0210. The van der Waals surface area contributed by atoms with Crippen LogP contribution in [0.25, 0.3) is 0 Å². The molecule has 2 N–H and O–H groups in total. The average molecular weight is 320 g/mol. The molecule has 1 saturated heterocycles. The van der Waals surface area contributed by atoms with E-state index in [0.717, 1.165) is 0 Å². The van der Waals surface area contributed by atoms with E-state index in [1.54, 1.807) is 18.7 Å². The molecule has 1 fully saturated rings. The molecule has 0 radical (unpaired) electrons. The van der Waals surface area contributed by atoms with Gasteiger partial charge in [-0.05, 0) is 18.9 Å². The molecule has 0 aromatic heterocycles. The Morgan fingerprint density at radius 1 is 1.38 bits per heavy atom. The van der Waals surface area contributed by atoms with Crippen LogP contribution in [0.3, 0.4) is 0 Å². The molecule has 2 unspecified atom stereocenters. The van der Waals surface area contributed by atoms with Crippen molar-refractivity contribution >= 4 is 21.7 Å². The second-order valence-electron chi connectivity index (χ2n) is 5.75. The number of rotatable bonds is 7. The Balaban J connectivity index is 2.61. The van der Waals surface area contributed by atoms with Crippen molar-refractivity contribution in [3.63, 3.8) is 0 Å². The molecule has 0 aromatic rings. The molecule has 0 bridgehead atoms. The minimum atomic E-state index is -3.00. The van der Waals surface area contributed by atoms with Crippen LogP contribution in [0.15, 0.2) is 0 Å². The van der Waals surface area contributed by atoms with Gasteiger partial charge in [0.25, 0.3) is 0 Å². The smallest absolute Gasteiger partial charge is 0.326 e. The fraction of sp³-hybridized carbons (Fsp3) is 0.846. The van der Waals surface area contributed by atoms with Crippen LogP contribution in [-0.2, 0) is 19.4 Å². The van der Waals surface area contributed by atoms with Crippen molar-refractivity contribution in [3.8, 4) is 0 Å². The highest BCUT2D eigenvalue weighted by Gasteiger charge is 2.33. The van der Waals surface area contributed by atoms with Crippen LogP contribution in [-0.4, -0.2) is 67.0 Å². The van der Waals surface area contributed by atoms with Gasteiger partial charge in [0, 0.05) is 6.04 Å². The molecule has 1 heterocycles. The number of carbonyl (C=O) groups is 2. The number of nitrogens with zero attached hydrogens (tertiary/aromatic N) is 1. The standard InChI is InChI=1S/C13H24N2O5S/c1-4-15(10-5-6-21(19,20)8-10)7-11(16)14-12(9(2)3)13(17)18/h9-10,12H,4-8H2,1-3H3,(H,14,16)(H,17,18). The molecular weight excluding hydrogens is 296 g/mol. The van der Waals surface area contributed by atoms with Gasteiger partial charge < -0.3 is 10.4 Å². The molecular formula is C13H24N2O5S. The van der Waals surface area contributed by atoms with Gasteiger partial charge in [-0.25, -0.2) is 13.2 Å². The topological polar surface area (TPSA) is 104 Å². The van der Waals surface area contributed by atoms with Gasteiger partial charge in [-0.1, -0.05) is 20.8 Å². The number of aliphatic carboxylic acids is 1. The van der Waals surface area contributed by atoms with Crippen LogP contribution in [0.5, 0.6) is 0 Å². The van der Waals surface area contributed by atoms with Crippen LogP contribution in [0.4, 0.5) is 0 Å². The van der Waals surface area contributed by atoms with E-state index < -0.39 is 21.8 Å².